The van der Waals surface area contributed by atoms with Crippen LogP contribution in [-0.4, -0.2) is 12.0 Å². The second kappa shape index (κ2) is 4.93. The van der Waals surface area contributed by atoms with Crippen LogP contribution >= 0.6 is 11.3 Å². The van der Waals surface area contributed by atoms with E-state index in [-0.39, 0.29) is 5.54 Å². The van der Waals surface area contributed by atoms with Gasteiger partial charge in [0.1, 0.15) is 5.01 Å². The maximum Gasteiger partial charge on any atom is 0.114 e. The van der Waals surface area contributed by atoms with Gasteiger partial charge >= 0.3 is 0 Å². The number of hydrogen-bond acceptors (Lipinski definition) is 3. The van der Waals surface area contributed by atoms with Crippen molar-refractivity contribution in [1.29, 1.82) is 0 Å². The van der Waals surface area contributed by atoms with Gasteiger partial charge in [0.2, 0.25) is 0 Å². The molecule has 2 atom stereocenters. The van der Waals surface area contributed by atoms with Crippen LogP contribution in [0.4, 0.5) is 0 Å². The highest BCUT2D eigenvalue weighted by atomic mass is 32.1. The molecule has 100 valence electrons. The topological polar surface area (TPSA) is 24.9 Å². The van der Waals surface area contributed by atoms with E-state index in [0.717, 1.165) is 0 Å². The van der Waals surface area contributed by atoms with E-state index < -0.39 is 0 Å². The van der Waals surface area contributed by atoms with Crippen molar-refractivity contribution in [1.82, 2.24) is 10.3 Å². The zero-order valence-electron chi connectivity index (χ0n) is 11.6. The second-order valence-corrected chi connectivity index (χ2v) is 7.05. The van der Waals surface area contributed by atoms with Crippen molar-refractivity contribution >= 4 is 11.3 Å². The van der Waals surface area contributed by atoms with E-state index in [4.69, 9.17) is 4.98 Å². The molecule has 0 aromatic carbocycles. The molecular formula is C15H24N2S. The predicted octanol–water partition coefficient (Wildman–Crippen LogP) is 3.65. The third-order valence-electron chi connectivity index (χ3n) is 4.97. The summed E-state index contributed by atoms with van der Waals surface area (Å²) in [6.07, 6.45) is 10.5. The van der Waals surface area contributed by atoms with Crippen LogP contribution in [0.5, 0.6) is 0 Å². The average Bonchev–Trinajstić information content (AvgIpc) is 2.83. The molecule has 0 amide bonds. The largest absolute Gasteiger partial charge is 0.308 e. The standard InChI is InChI=1S/C15H24N2S/c1-11-7-5-6-10-15(11,16-2)14-17-12-8-3-4-9-13(12)18-14/h11,16H,3-10H2,1-2H3. The summed E-state index contributed by atoms with van der Waals surface area (Å²) >= 11 is 2.00. The zero-order valence-corrected chi connectivity index (χ0v) is 12.4. The first-order valence-electron chi connectivity index (χ1n) is 7.44. The molecule has 0 saturated heterocycles. The van der Waals surface area contributed by atoms with Crippen LogP contribution in [0.3, 0.4) is 0 Å². The highest BCUT2D eigenvalue weighted by Crippen LogP contribution is 2.44. The van der Waals surface area contributed by atoms with Crippen molar-refractivity contribution in [2.24, 2.45) is 5.92 Å². The SMILES string of the molecule is CNC1(c2nc3c(s2)CCCC3)CCCCC1C. The van der Waals surface area contributed by atoms with Gasteiger partial charge in [0.15, 0.2) is 0 Å². The number of aromatic nitrogens is 1. The van der Waals surface area contributed by atoms with Crippen LogP contribution in [0.25, 0.3) is 0 Å². The van der Waals surface area contributed by atoms with Crippen LogP contribution in [0.15, 0.2) is 0 Å². The van der Waals surface area contributed by atoms with Crippen molar-refractivity contribution in [3.8, 4) is 0 Å². The van der Waals surface area contributed by atoms with Gasteiger partial charge in [-0.2, -0.15) is 0 Å². The average molecular weight is 264 g/mol. The number of aryl methyl sites for hydroxylation is 2. The fourth-order valence-electron chi connectivity index (χ4n) is 3.69. The number of thiazole rings is 1. The summed E-state index contributed by atoms with van der Waals surface area (Å²) in [6, 6.07) is 0. The Morgan fingerprint density at radius 1 is 1.22 bits per heavy atom. The van der Waals surface area contributed by atoms with E-state index in [9.17, 15) is 0 Å². The van der Waals surface area contributed by atoms with E-state index in [1.807, 2.05) is 11.3 Å². The van der Waals surface area contributed by atoms with Gasteiger partial charge in [-0.3, -0.25) is 0 Å². The lowest BCUT2D eigenvalue weighted by atomic mass is 9.74. The first-order chi connectivity index (χ1) is 8.76. The summed E-state index contributed by atoms with van der Waals surface area (Å²) in [6.45, 7) is 2.40. The van der Waals surface area contributed by atoms with Gasteiger partial charge in [-0.05, 0) is 51.5 Å². The minimum absolute atomic E-state index is 0.167. The first-order valence-corrected chi connectivity index (χ1v) is 8.26. The summed E-state index contributed by atoms with van der Waals surface area (Å²) in [5, 5.41) is 5.02. The van der Waals surface area contributed by atoms with Crippen LogP contribution in [0, 0.1) is 5.92 Å². The number of nitrogens with one attached hydrogen (secondary N) is 1. The number of nitrogens with zero attached hydrogens (tertiary/aromatic N) is 1. The lowest BCUT2D eigenvalue weighted by Gasteiger charge is -2.41. The van der Waals surface area contributed by atoms with Crippen molar-refractivity contribution in [3.63, 3.8) is 0 Å². The Labute approximate surface area is 114 Å². The van der Waals surface area contributed by atoms with Gasteiger partial charge in [-0.15, -0.1) is 11.3 Å². The predicted molar refractivity (Wildman–Crippen MR) is 77.1 cm³/mol. The molecule has 0 bridgehead atoms. The first kappa shape index (κ1) is 12.6. The Kier molecular flexibility index (Phi) is 3.46. The Balaban J connectivity index is 1.97. The second-order valence-electron chi connectivity index (χ2n) is 5.96. The molecule has 2 aliphatic rings. The van der Waals surface area contributed by atoms with Crippen molar-refractivity contribution in [2.75, 3.05) is 7.05 Å². The lowest BCUT2D eigenvalue weighted by molar-refractivity contribution is 0.165. The molecule has 0 spiro atoms. The molecule has 0 aliphatic heterocycles. The monoisotopic (exact) mass is 264 g/mol. The number of fused-ring (bicyclic) bond motifs is 1. The molecule has 2 unspecified atom stereocenters. The zero-order chi connectivity index (χ0) is 12.6. The molecule has 2 aliphatic carbocycles. The van der Waals surface area contributed by atoms with Crippen LogP contribution < -0.4 is 5.32 Å². The molecule has 3 heteroatoms. The molecule has 0 radical (unpaired) electrons. The Morgan fingerprint density at radius 3 is 2.78 bits per heavy atom. The van der Waals surface area contributed by atoms with Crippen LogP contribution in [0.2, 0.25) is 0 Å². The van der Waals surface area contributed by atoms with Crippen molar-refractivity contribution in [2.45, 2.75) is 63.8 Å². The Bertz CT molecular complexity index is 403. The van der Waals surface area contributed by atoms with Gasteiger partial charge in [0.05, 0.1) is 11.2 Å². The summed E-state index contributed by atoms with van der Waals surface area (Å²) in [5.41, 5.74) is 1.58. The van der Waals surface area contributed by atoms with Gasteiger partial charge in [0, 0.05) is 4.88 Å². The van der Waals surface area contributed by atoms with Gasteiger partial charge in [-0.1, -0.05) is 19.8 Å². The van der Waals surface area contributed by atoms with Gasteiger partial charge < -0.3 is 5.32 Å². The minimum atomic E-state index is 0.167. The Morgan fingerprint density at radius 2 is 2.06 bits per heavy atom. The maximum absolute atomic E-state index is 5.02. The summed E-state index contributed by atoms with van der Waals surface area (Å²) in [5.74, 6) is 0.712. The fraction of sp³-hybridized carbons (Fsp3) is 0.800. The highest BCUT2D eigenvalue weighted by Gasteiger charge is 2.41. The smallest absolute Gasteiger partial charge is 0.114 e. The lowest BCUT2D eigenvalue weighted by Crippen LogP contribution is -2.47. The van der Waals surface area contributed by atoms with Crippen LogP contribution in [0.1, 0.15) is 61.0 Å². The molecule has 1 N–H and O–H groups in total. The summed E-state index contributed by atoms with van der Waals surface area (Å²) < 4.78 is 0. The molecule has 1 aromatic rings. The van der Waals surface area contributed by atoms with E-state index in [2.05, 4.69) is 19.3 Å². The van der Waals surface area contributed by atoms with E-state index in [1.165, 1.54) is 62.1 Å². The highest BCUT2D eigenvalue weighted by molar-refractivity contribution is 7.11. The molecule has 1 fully saturated rings. The third kappa shape index (κ3) is 1.92. The molecule has 1 saturated carbocycles. The quantitative estimate of drug-likeness (QED) is 0.882. The normalized spacial score (nSPS) is 32.2. The summed E-state index contributed by atoms with van der Waals surface area (Å²) in [4.78, 5) is 6.60. The molecule has 18 heavy (non-hydrogen) atoms. The van der Waals surface area contributed by atoms with Crippen molar-refractivity contribution in [3.05, 3.63) is 15.6 Å². The van der Waals surface area contributed by atoms with E-state index >= 15 is 0 Å². The maximum atomic E-state index is 5.02. The van der Waals surface area contributed by atoms with Gasteiger partial charge in [0.25, 0.3) is 0 Å². The van der Waals surface area contributed by atoms with Gasteiger partial charge in [-0.25, -0.2) is 4.98 Å². The number of rotatable bonds is 2. The molecule has 1 aromatic heterocycles. The molecular weight excluding hydrogens is 240 g/mol. The van der Waals surface area contributed by atoms with Crippen LogP contribution in [-0.2, 0) is 18.4 Å². The fourth-order valence-corrected chi connectivity index (χ4v) is 5.17. The Hall–Kier alpha value is -0.410. The number of hydrogen-bond donors (Lipinski definition) is 1. The minimum Gasteiger partial charge on any atom is -0.308 e. The molecule has 2 nitrogen and oxygen atoms in total. The third-order valence-corrected chi connectivity index (χ3v) is 6.31. The van der Waals surface area contributed by atoms with E-state index in [1.54, 1.807) is 4.88 Å². The summed E-state index contributed by atoms with van der Waals surface area (Å²) in [7, 11) is 2.13. The van der Waals surface area contributed by atoms with Crippen molar-refractivity contribution < 1.29 is 0 Å². The molecule has 1 heterocycles. The van der Waals surface area contributed by atoms with E-state index in [0.29, 0.717) is 5.92 Å². The molecule has 3 rings (SSSR count).